The molecule has 6 heteroatoms. The first-order chi connectivity index (χ1) is 8.52. The zero-order valence-electron chi connectivity index (χ0n) is 9.93. The number of hydrogen-bond donors (Lipinski definition) is 1. The van der Waals surface area contributed by atoms with E-state index >= 15 is 0 Å². The summed E-state index contributed by atoms with van der Waals surface area (Å²) >= 11 is 0. The monoisotopic (exact) mass is 245 g/mol. The number of aromatic nitrogens is 2. The third-order valence-electron chi connectivity index (χ3n) is 2.94. The fraction of sp³-hybridized carbons (Fsp3) is 0.167. The molecule has 0 saturated carbocycles. The number of nitro benzene ring substituents is 1. The van der Waals surface area contributed by atoms with Gasteiger partial charge in [0.25, 0.3) is 5.69 Å². The van der Waals surface area contributed by atoms with Gasteiger partial charge in [0, 0.05) is 17.2 Å². The van der Waals surface area contributed by atoms with Gasteiger partial charge in [-0.2, -0.15) is 0 Å². The second kappa shape index (κ2) is 4.40. The Balaban J connectivity index is 2.51. The van der Waals surface area contributed by atoms with Crippen LogP contribution in [-0.2, 0) is 0 Å². The Hall–Kier alpha value is -2.50. The van der Waals surface area contributed by atoms with E-state index in [-0.39, 0.29) is 11.5 Å². The molecule has 92 valence electrons. The van der Waals surface area contributed by atoms with Crippen LogP contribution in [0.15, 0.2) is 24.7 Å². The van der Waals surface area contributed by atoms with Gasteiger partial charge in [0.2, 0.25) is 5.78 Å². The number of hydrogen-bond acceptors (Lipinski definition) is 4. The first-order valence-corrected chi connectivity index (χ1v) is 5.30. The molecule has 0 fully saturated rings. The summed E-state index contributed by atoms with van der Waals surface area (Å²) < 4.78 is 0. The van der Waals surface area contributed by atoms with Gasteiger partial charge >= 0.3 is 0 Å². The Kier molecular flexibility index (Phi) is 2.93. The second-order valence-electron chi connectivity index (χ2n) is 3.93. The van der Waals surface area contributed by atoms with Crippen LogP contribution in [0.3, 0.4) is 0 Å². The number of rotatable bonds is 3. The van der Waals surface area contributed by atoms with Gasteiger partial charge in [0.15, 0.2) is 0 Å². The van der Waals surface area contributed by atoms with Gasteiger partial charge in [-0.05, 0) is 25.5 Å². The number of benzene rings is 1. The molecule has 1 N–H and O–H groups in total. The lowest BCUT2D eigenvalue weighted by Gasteiger charge is -2.07. The summed E-state index contributed by atoms with van der Waals surface area (Å²) in [5.41, 5.74) is 1.96. The van der Waals surface area contributed by atoms with Crippen molar-refractivity contribution in [1.29, 1.82) is 0 Å². The molecule has 0 atom stereocenters. The van der Waals surface area contributed by atoms with Crippen LogP contribution in [0.2, 0.25) is 0 Å². The van der Waals surface area contributed by atoms with Crippen LogP contribution in [0.4, 0.5) is 5.69 Å². The third kappa shape index (κ3) is 1.88. The van der Waals surface area contributed by atoms with Crippen molar-refractivity contribution in [3.8, 4) is 0 Å². The van der Waals surface area contributed by atoms with E-state index in [9.17, 15) is 14.9 Å². The summed E-state index contributed by atoms with van der Waals surface area (Å²) in [5.74, 6) is -0.219. The van der Waals surface area contributed by atoms with Crippen molar-refractivity contribution >= 4 is 11.5 Å². The quantitative estimate of drug-likeness (QED) is 0.509. The number of carbonyl (C=O) groups excluding carboxylic acids is 1. The molecule has 18 heavy (non-hydrogen) atoms. The molecule has 0 aliphatic carbocycles. The van der Waals surface area contributed by atoms with E-state index < -0.39 is 4.92 Å². The van der Waals surface area contributed by atoms with E-state index in [1.165, 1.54) is 24.7 Å². The summed E-state index contributed by atoms with van der Waals surface area (Å²) in [6, 6.07) is 2.83. The maximum Gasteiger partial charge on any atom is 0.272 e. The van der Waals surface area contributed by atoms with Crippen molar-refractivity contribution in [2.45, 2.75) is 13.8 Å². The highest BCUT2D eigenvalue weighted by Gasteiger charge is 2.19. The van der Waals surface area contributed by atoms with Crippen LogP contribution < -0.4 is 0 Å². The van der Waals surface area contributed by atoms with Gasteiger partial charge in [0.1, 0.15) is 5.69 Å². The first-order valence-electron chi connectivity index (χ1n) is 5.30. The van der Waals surface area contributed by atoms with Crippen molar-refractivity contribution in [3.05, 3.63) is 57.2 Å². The van der Waals surface area contributed by atoms with Crippen molar-refractivity contribution in [2.24, 2.45) is 0 Å². The second-order valence-corrected chi connectivity index (χ2v) is 3.93. The summed E-state index contributed by atoms with van der Waals surface area (Å²) in [7, 11) is 0. The predicted molar refractivity (Wildman–Crippen MR) is 64.6 cm³/mol. The number of aromatic amines is 1. The van der Waals surface area contributed by atoms with E-state index in [0.29, 0.717) is 22.4 Å². The van der Waals surface area contributed by atoms with Crippen LogP contribution in [0.1, 0.15) is 27.2 Å². The number of nitrogens with zero attached hydrogens (tertiary/aromatic N) is 2. The normalized spacial score (nSPS) is 10.3. The largest absolute Gasteiger partial charge is 0.342 e. The van der Waals surface area contributed by atoms with Crippen LogP contribution in [0, 0.1) is 24.0 Å². The topological polar surface area (TPSA) is 88.9 Å². The smallest absolute Gasteiger partial charge is 0.272 e. The zero-order valence-corrected chi connectivity index (χ0v) is 9.93. The van der Waals surface area contributed by atoms with Crippen molar-refractivity contribution < 1.29 is 9.72 Å². The van der Waals surface area contributed by atoms with Crippen LogP contribution in [0.5, 0.6) is 0 Å². The molecule has 0 aliphatic rings. The molecule has 1 aromatic carbocycles. The van der Waals surface area contributed by atoms with Gasteiger partial charge in [0.05, 0.1) is 17.4 Å². The molecule has 0 spiro atoms. The maximum absolute atomic E-state index is 12.1. The van der Waals surface area contributed by atoms with Gasteiger partial charge in [-0.1, -0.05) is 0 Å². The third-order valence-corrected chi connectivity index (χ3v) is 2.94. The molecule has 1 heterocycles. The fourth-order valence-electron chi connectivity index (χ4n) is 1.78. The average molecular weight is 245 g/mol. The summed E-state index contributed by atoms with van der Waals surface area (Å²) in [6.45, 7) is 3.34. The summed E-state index contributed by atoms with van der Waals surface area (Å²) in [6.07, 6.45) is 2.85. The van der Waals surface area contributed by atoms with Gasteiger partial charge in [-0.25, -0.2) is 4.98 Å². The van der Waals surface area contributed by atoms with Gasteiger partial charge < -0.3 is 4.98 Å². The minimum Gasteiger partial charge on any atom is -0.342 e. The highest BCUT2D eigenvalue weighted by molar-refractivity contribution is 6.08. The average Bonchev–Trinajstić information content (AvgIpc) is 2.85. The van der Waals surface area contributed by atoms with Gasteiger partial charge in [-0.3, -0.25) is 14.9 Å². The Labute approximate surface area is 103 Å². The minimum absolute atomic E-state index is 0.0219. The summed E-state index contributed by atoms with van der Waals surface area (Å²) in [5, 5.41) is 10.8. The maximum atomic E-state index is 12.1. The fourth-order valence-corrected chi connectivity index (χ4v) is 1.78. The lowest BCUT2D eigenvalue weighted by Crippen LogP contribution is -2.06. The van der Waals surface area contributed by atoms with Crippen molar-refractivity contribution in [1.82, 2.24) is 9.97 Å². The minimum atomic E-state index is -0.452. The Morgan fingerprint density at radius 3 is 2.61 bits per heavy atom. The van der Waals surface area contributed by atoms with Crippen molar-refractivity contribution in [3.63, 3.8) is 0 Å². The number of carbonyl (C=O) groups is 1. The molecule has 0 unspecified atom stereocenters. The van der Waals surface area contributed by atoms with Crippen LogP contribution in [-0.4, -0.2) is 20.7 Å². The molecule has 0 bridgehead atoms. The van der Waals surface area contributed by atoms with E-state index in [1.807, 2.05) is 0 Å². The Morgan fingerprint density at radius 1 is 1.33 bits per heavy atom. The molecule has 2 rings (SSSR count). The molecule has 0 saturated heterocycles. The number of ketones is 1. The number of imidazole rings is 1. The lowest BCUT2D eigenvalue weighted by molar-refractivity contribution is -0.385. The summed E-state index contributed by atoms with van der Waals surface area (Å²) in [4.78, 5) is 29.0. The van der Waals surface area contributed by atoms with E-state index in [2.05, 4.69) is 9.97 Å². The van der Waals surface area contributed by atoms with Crippen LogP contribution >= 0.6 is 0 Å². The number of nitro groups is 1. The molecule has 0 radical (unpaired) electrons. The molecule has 0 aliphatic heterocycles. The van der Waals surface area contributed by atoms with Gasteiger partial charge in [-0.15, -0.1) is 0 Å². The lowest BCUT2D eigenvalue weighted by atomic mass is 9.97. The number of H-pyrrole nitrogens is 1. The predicted octanol–water partition coefficient (Wildman–Crippen LogP) is 2.17. The molecule has 1 aromatic heterocycles. The SMILES string of the molecule is Cc1c(C(=O)c2cnc[nH]2)ccc([N+](=O)[O-])c1C. The Bertz CT molecular complexity index is 618. The number of nitrogens with one attached hydrogen (secondary N) is 1. The first kappa shape index (κ1) is 12.0. The van der Waals surface area contributed by atoms with E-state index in [4.69, 9.17) is 0 Å². The molecular weight excluding hydrogens is 234 g/mol. The molecule has 6 nitrogen and oxygen atoms in total. The zero-order chi connectivity index (χ0) is 13.3. The van der Waals surface area contributed by atoms with Crippen LogP contribution in [0.25, 0.3) is 0 Å². The molecule has 2 aromatic rings. The van der Waals surface area contributed by atoms with E-state index in [0.717, 1.165) is 0 Å². The highest BCUT2D eigenvalue weighted by atomic mass is 16.6. The highest BCUT2D eigenvalue weighted by Crippen LogP contribution is 2.25. The molecular formula is C12H11N3O3. The molecule has 0 amide bonds. The van der Waals surface area contributed by atoms with Crippen molar-refractivity contribution in [2.75, 3.05) is 0 Å². The standard InChI is InChI=1S/C12H11N3O3/c1-7-8(2)11(15(17)18)4-3-9(7)12(16)10-5-13-6-14-10/h3-6H,1-2H3,(H,13,14). The Morgan fingerprint density at radius 2 is 2.06 bits per heavy atom. The van der Waals surface area contributed by atoms with E-state index in [1.54, 1.807) is 13.8 Å².